The lowest BCUT2D eigenvalue weighted by Gasteiger charge is -2.42. The summed E-state index contributed by atoms with van der Waals surface area (Å²) in [5.41, 5.74) is 1.33. The van der Waals surface area contributed by atoms with Crippen molar-refractivity contribution in [2.45, 2.75) is 44.3 Å². The van der Waals surface area contributed by atoms with Crippen molar-refractivity contribution >= 4 is 24.8 Å². The maximum atomic E-state index is 6.12. The third kappa shape index (κ3) is 6.00. The van der Waals surface area contributed by atoms with Crippen LogP contribution in [0.25, 0.3) is 0 Å². The van der Waals surface area contributed by atoms with Gasteiger partial charge in [0.25, 0.3) is 0 Å². The van der Waals surface area contributed by atoms with E-state index in [4.69, 9.17) is 4.74 Å². The number of hydrogen-bond acceptors (Lipinski definition) is 4. The number of fused-ring (bicyclic) bond motifs is 1. The molecule has 0 spiro atoms. The van der Waals surface area contributed by atoms with Crippen LogP contribution in [-0.4, -0.2) is 49.8 Å². The first-order chi connectivity index (χ1) is 11.4. The number of nitrogens with zero attached hydrogens (tertiary/aromatic N) is 1. The van der Waals surface area contributed by atoms with Gasteiger partial charge in [-0.2, -0.15) is 0 Å². The normalized spacial score (nSPS) is 26.1. The van der Waals surface area contributed by atoms with Gasteiger partial charge in [0, 0.05) is 50.7 Å². The number of benzene rings is 1. The fourth-order valence-corrected chi connectivity index (χ4v) is 3.82. The van der Waals surface area contributed by atoms with Crippen molar-refractivity contribution in [2.75, 3.05) is 32.8 Å². The van der Waals surface area contributed by atoms with Gasteiger partial charge in [-0.15, -0.1) is 24.8 Å². The Bertz CT molecular complexity index is 527. The maximum Gasteiger partial charge on any atom is 0.119 e. The summed E-state index contributed by atoms with van der Waals surface area (Å²) in [7, 11) is 0. The maximum absolute atomic E-state index is 6.12. The number of ether oxygens (including phenoxy) is 1. The first-order valence-electron chi connectivity index (χ1n) is 9.27. The average Bonchev–Trinajstić information content (AvgIpc) is 3.43. The molecule has 2 saturated heterocycles. The molecule has 25 heavy (non-hydrogen) atoms. The molecule has 6 heteroatoms. The molecule has 4 rings (SSSR count). The summed E-state index contributed by atoms with van der Waals surface area (Å²) < 4.78 is 6.12. The van der Waals surface area contributed by atoms with Crippen LogP contribution < -0.4 is 15.4 Å². The Morgan fingerprint density at radius 3 is 2.88 bits per heavy atom. The minimum atomic E-state index is 0. The van der Waals surface area contributed by atoms with Crippen LogP contribution in [0.5, 0.6) is 5.75 Å². The number of halogens is 2. The molecule has 2 atom stereocenters. The van der Waals surface area contributed by atoms with Crippen LogP contribution >= 0.6 is 24.8 Å². The molecule has 1 saturated carbocycles. The highest BCUT2D eigenvalue weighted by molar-refractivity contribution is 5.85. The zero-order chi connectivity index (χ0) is 15.5. The SMILES string of the molecule is Cl.Cl.c1cc(CNC2CC2)cc(OC[C@H]2CC[C@H]3CNCCN3C2)c1. The topological polar surface area (TPSA) is 36.5 Å². The van der Waals surface area contributed by atoms with Gasteiger partial charge in [-0.3, -0.25) is 4.90 Å². The van der Waals surface area contributed by atoms with Crippen LogP contribution in [-0.2, 0) is 6.54 Å². The second kappa shape index (κ2) is 9.98. The molecule has 3 aliphatic rings. The lowest BCUT2D eigenvalue weighted by Crippen LogP contribution is -2.55. The van der Waals surface area contributed by atoms with E-state index in [9.17, 15) is 0 Å². The molecule has 3 fully saturated rings. The summed E-state index contributed by atoms with van der Waals surface area (Å²) in [5, 5.41) is 7.08. The first-order valence-corrected chi connectivity index (χ1v) is 9.27. The van der Waals surface area contributed by atoms with E-state index >= 15 is 0 Å². The summed E-state index contributed by atoms with van der Waals surface area (Å²) in [6.07, 6.45) is 5.29. The Hall–Kier alpha value is -0.520. The Balaban J connectivity index is 0.00000113. The van der Waals surface area contributed by atoms with Crippen LogP contribution in [0.15, 0.2) is 24.3 Å². The molecular weight excluding hydrogens is 357 g/mol. The monoisotopic (exact) mass is 387 g/mol. The van der Waals surface area contributed by atoms with Gasteiger partial charge < -0.3 is 15.4 Å². The quantitative estimate of drug-likeness (QED) is 0.786. The Labute approximate surface area is 163 Å². The second-order valence-corrected chi connectivity index (χ2v) is 7.41. The highest BCUT2D eigenvalue weighted by Gasteiger charge is 2.30. The second-order valence-electron chi connectivity index (χ2n) is 7.41. The van der Waals surface area contributed by atoms with Gasteiger partial charge in [0.2, 0.25) is 0 Å². The van der Waals surface area contributed by atoms with E-state index in [1.54, 1.807) is 0 Å². The number of piperidine rings is 1. The summed E-state index contributed by atoms with van der Waals surface area (Å²) in [5.74, 6) is 1.71. The van der Waals surface area contributed by atoms with E-state index in [0.29, 0.717) is 5.92 Å². The third-order valence-corrected chi connectivity index (χ3v) is 5.43. The Morgan fingerprint density at radius 1 is 1.16 bits per heavy atom. The zero-order valence-corrected chi connectivity index (χ0v) is 16.4. The lowest BCUT2D eigenvalue weighted by atomic mass is 9.92. The van der Waals surface area contributed by atoms with Gasteiger partial charge in [0.15, 0.2) is 0 Å². The summed E-state index contributed by atoms with van der Waals surface area (Å²) in [6.45, 7) is 6.53. The Morgan fingerprint density at radius 2 is 2.04 bits per heavy atom. The van der Waals surface area contributed by atoms with Gasteiger partial charge in [-0.25, -0.2) is 0 Å². The molecular formula is C19H31Cl2N3O. The zero-order valence-electron chi connectivity index (χ0n) is 14.8. The lowest BCUT2D eigenvalue weighted by molar-refractivity contribution is 0.0649. The minimum absolute atomic E-state index is 0. The van der Waals surface area contributed by atoms with Gasteiger partial charge in [0.1, 0.15) is 5.75 Å². The molecule has 2 aliphatic heterocycles. The molecule has 1 aromatic rings. The standard InChI is InChI=1S/C19H29N3O.2ClH/c1-2-15(11-21-17-5-6-17)10-19(3-1)23-14-16-4-7-18-12-20-8-9-22(18)13-16;;/h1-3,10,16-18,20-21H,4-9,11-14H2;2*1H/t16-,18-;;/m0../s1. The smallest absolute Gasteiger partial charge is 0.119 e. The molecule has 0 unspecified atom stereocenters. The predicted octanol–water partition coefficient (Wildman–Crippen LogP) is 2.84. The van der Waals surface area contributed by atoms with E-state index < -0.39 is 0 Å². The van der Waals surface area contributed by atoms with Crippen LogP contribution in [0, 0.1) is 5.92 Å². The molecule has 0 radical (unpaired) electrons. The number of rotatable bonds is 6. The molecule has 0 amide bonds. The molecule has 2 heterocycles. The molecule has 0 aromatic heterocycles. The number of nitrogens with one attached hydrogen (secondary N) is 2. The van der Waals surface area contributed by atoms with Gasteiger partial charge >= 0.3 is 0 Å². The molecule has 1 aromatic carbocycles. The van der Waals surface area contributed by atoms with Crippen molar-refractivity contribution in [3.63, 3.8) is 0 Å². The van der Waals surface area contributed by atoms with Crippen LogP contribution in [0.2, 0.25) is 0 Å². The summed E-state index contributed by atoms with van der Waals surface area (Å²) >= 11 is 0. The van der Waals surface area contributed by atoms with E-state index in [1.165, 1.54) is 50.9 Å². The number of piperazine rings is 1. The predicted molar refractivity (Wildman–Crippen MR) is 107 cm³/mol. The van der Waals surface area contributed by atoms with Crippen molar-refractivity contribution in [1.29, 1.82) is 0 Å². The Kier molecular flexibility index (Phi) is 8.30. The highest BCUT2D eigenvalue weighted by Crippen LogP contribution is 2.24. The van der Waals surface area contributed by atoms with Crippen molar-refractivity contribution < 1.29 is 4.74 Å². The van der Waals surface area contributed by atoms with Crippen molar-refractivity contribution in [1.82, 2.24) is 15.5 Å². The van der Waals surface area contributed by atoms with Gasteiger partial charge in [0.05, 0.1) is 6.61 Å². The minimum Gasteiger partial charge on any atom is -0.493 e. The average molecular weight is 388 g/mol. The van der Waals surface area contributed by atoms with E-state index in [-0.39, 0.29) is 24.8 Å². The van der Waals surface area contributed by atoms with E-state index in [1.807, 2.05) is 0 Å². The fraction of sp³-hybridized carbons (Fsp3) is 0.684. The van der Waals surface area contributed by atoms with Gasteiger partial charge in [-0.05, 0) is 43.4 Å². The largest absolute Gasteiger partial charge is 0.493 e. The van der Waals surface area contributed by atoms with Crippen LogP contribution in [0.3, 0.4) is 0 Å². The third-order valence-electron chi connectivity index (χ3n) is 5.43. The van der Waals surface area contributed by atoms with Crippen LogP contribution in [0.4, 0.5) is 0 Å². The molecule has 142 valence electrons. The fourth-order valence-electron chi connectivity index (χ4n) is 3.82. The summed E-state index contributed by atoms with van der Waals surface area (Å²) in [6, 6.07) is 10.1. The van der Waals surface area contributed by atoms with E-state index in [0.717, 1.165) is 37.5 Å². The van der Waals surface area contributed by atoms with Crippen LogP contribution in [0.1, 0.15) is 31.2 Å². The van der Waals surface area contributed by atoms with Crippen molar-refractivity contribution in [2.24, 2.45) is 5.92 Å². The van der Waals surface area contributed by atoms with E-state index in [2.05, 4.69) is 39.8 Å². The molecule has 0 bridgehead atoms. The van der Waals surface area contributed by atoms with Crippen molar-refractivity contribution in [3.05, 3.63) is 29.8 Å². The first kappa shape index (κ1) is 20.8. The van der Waals surface area contributed by atoms with Crippen molar-refractivity contribution in [3.8, 4) is 5.75 Å². The molecule has 1 aliphatic carbocycles. The molecule has 2 N–H and O–H groups in total. The highest BCUT2D eigenvalue weighted by atomic mass is 35.5. The summed E-state index contributed by atoms with van der Waals surface area (Å²) in [4.78, 5) is 2.66. The van der Waals surface area contributed by atoms with Gasteiger partial charge in [-0.1, -0.05) is 12.1 Å². The molecule has 4 nitrogen and oxygen atoms in total. The number of hydrogen-bond donors (Lipinski definition) is 2.